The number of hydrogen-bond acceptors (Lipinski definition) is 6. The standard InChI is InChI=1S/C19H17N5O4/c1-3-23-19(26)16-7-5-4-6-15(16)17(22-23)18(25)21-20-12(2)13-8-10-14(11-9-13)24(27)28/h4-11H,3H2,1-2H3,(H,21,25)/b20-12-. The number of rotatable bonds is 5. The van der Waals surface area contributed by atoms with Crippen molar-refractivity contribution in [1.82, 2.24) is 15.2 Å². The van der Waals surface area contributed by atoms with Crippen molar-refractivity contribution in [3.05, 3.63) is 80.3 Å². The molecule has 0 aliphatic rings. The fraction of sp³-hybridized carbons (Fsp3) is 0.158. The maximum absolute atomic E-state index is 12.6. The quantitative estimate of drug-likeness (QED) is 0.415. The number of aromatic nitrogens is 2. The van der Waals surface area contributed by atoms with Crippen molar-refractivity contribution in [2.24, 2.45) is 5.10 Å². The number of hydrogen-bond donors (Lipinski definition) is 1. The molecular formula is C19H17N5O4. The molecule has 1 heterocycles. The van der Waals surface area contributed by atoms with Crippen molar-refractivity contribution in [2.75, 3.05) is 0 Å². The number of carbonyl (C=O) groups excluding carboxylic acids is 1. The summed E-state index contributed by atoms with van der Waals surface area (Å²) in [6.45, 7) is 3.76. The molecule has 28 heavy (non-hydrogen) atoms. The Labute approximate surface area is 159 Å². The molecule has 0 radical (unpaired) electrons. The van der Waals surface area contributed by atoms with Crippen LogP contribution < -0.4 is 11.0 Å². The molecule has 0 aliphatic carbocycles. The first-order chi connectivity index (χ1) is 13.4. The molecule has 1 amide bonds. The molecular weight excluding hydrogens is 362 g/mol. The number of nitrogens with one attached hydrogen (secondary N) is 1. The molecule has 0 bridgehead atoms. The molecule has 3 rings (SSSR count). The van der Waals surface area contributed by atoms with E-state index in [1.54, 1.807) is 50.2 Å². The molecule has 0 saturated heterocycles. The number of nitrogens with zero attached hydrogens (tertiary/aromatic N) is 4. The molecule has 2 aromatic carbocycles. The zero-order valence-electron chi connectivity index (χ0n) is 15.2. The van der Waals surface area contributed by atoms with Gasteiger partial charge >= 0.3 is 0 Å². The first-order valence-corrected chi connectivity index (χ1v) is 8.51. The molecule has 0 saturated carbocycles. The van der Waals surface area contributed by atoms with Crippen LogP contribution in [-0.2, 0) is 6.54 Å². The third-order valence-electron chi connectivity index (χ3n) is 4.20. The highest BCUT2D eigenvalue weighted by molar-refractivity contribution is 6.06. The van der Waals surface area contributed by atoms with Crippen LogP contribution in [0.15, 0.2) is 58.4 Å². The molecule has 0 aliphatic heterocycles. The summed E-state index contributed by atoms with van der Waals surface area (Å²) in [4.78, 5) is 35.2. The van der Waals surface area contributed by atoms with Crippen LogP contribution in [0.1, 0.15) is 29.9 Å². The largest absolute Gasteiger partial charge is 0.292 e. The van der Waals surface area contributed by atoms with Crippen LogP contribution in [0.2, 0.25) is 0 Å². The monoisotopic (exact) mass is 379 g/mol. The van der Waals surface area contributed by atoms with Gasteiger partial charge in [-0.2, -0.15) is 10.2 Å². The van der Waals surface area contributed by atoms with Crippen LogP contribution in [0.5, 0.6) is 0 Å². The zero-order valence-corrected chi connectivity index (χ0v) is 15.2. The Bertz CT molecular complexity index is 1150. The number of amides is 1. The fourth-order valence-corrected chi connectivity index (χ4v) is 2.69. The molecule has 3 aromatic rings. The number of carbonyl (C=O) groups is 1. The van der Waals surface area contributed by atoms with E-state index in [0.29, 0.717) is 28.6 Å². The van der Waals surface area contributed by atoms with E-state index in [1.165, 1.54) is 16.8 Å². The summed E-state index contributed by atoms with van der Waals surface area (Å²) in [6.07, 6.45) is 0. The van der Waals surface area contributed by atoms with Crippen molar-refractivity contribution in [3.63, 3.8) is 0 Å². The maximum atomic E-state index is 12.6. The van der Waals surface area contributed by atoms with Gasteiger partial charge in [-0.1, -0.05) is 18.2 Å². The number of hydrazone groups is 1. The second-order valence-electron chi connectivity index (χ2n) is 5.96. The molecule has 0 spiro atoms. The normalized spacial score (nSPS) is 11.4. The molecule has 9 nitrogen and oxygen atoms in total. The first-order valence-electron chi connectivity index (χ1n) is 8.51. The lowest BCUT2D eigenvalue weighted by molar-refractivity contribution is -0.384. The average Bonchev–Trinajstić information content (AvgIpc) is 2.72. The highest BCUT2D eigenvalue weighted by atomic mass is 16.6. The topological polar surface area (TPSA) is 119 Å². The van der Waals surface area contributed by atoms with Crippen LogP contribution >= 0.6 is 0 Å². The summed E-state index contributed by atoms with van der Waals surface area (Å²) >= 11 is 0. The lowest BCUT2D eigenvalue weighted by atomic mass is 10.1. The maximum Gasteiger partial charge on any atom is 0.292 e. The number of nitro benzene ring substituents is 1. The van der Waals surface area contributed by atoms with Gasteiger partial charge in [-0.15, -0.1) is 0 Å². The van der Waals surface area contributed by atoms with Gasteiger partial charge in [-0.25, -0.2) is 10.1 Å². The minimum atomic E-state index is -0.556. The third-order valence-corrected chi connectivity index (χ3v) is 4.20. The average molecular weight is 379 g/mol. The lowest BCUT2D eigenvalue weighted by Crippen LogP contribution is -2.28. The predicted octanol–water partition coefficient (Wildman–Crippen LogP) is 2.48. The van der Waals surface area contributed by atoms with E-state index < -0.39 is 10.8 Å². The highest BCUT2D eigenvalue weighted by Crippen LogP contribution is 2.14. The minimum absolute atomic E-state index is 0.0296. The van der Waals surface area contributed by atoms with E-state index in [-0.39, 0.29) is 16.9 Å². The Balaban J connectivity index is 1.91. The second kappa shape index (κ2) is 7.78. The molecule has 9 heteroatoms. The molecule has 1 aromatic heterocycles. The highest BCUT2D eigenvalue weighted by Gasteiger charge is 2.16. The van der Waals surface area contributed by atoms with Crippen LogP contribution in [0, 0.1) is 10.1 Å². The third kappa shape index (κ3) is 3.63. The van der Waals surface area contributed by atoms with E-state index in [0.717, 1.165) is 0 Å². The Kier molecular flexibility index (Phi) is 5.25. The summed E-state index contributed by atoms with van der Waals surface area (Å²) in [7, 11) is 0. The van der Waals surface area contributed by atoms with E-state index in [9.17, 15) is 19.7 Å². The van der Waals surface area contributed by atoms with Crippen molar-refractivity contribution >= 4 is 28.1 Å². The Morgan fingerprint density at radius 3 is 2.43 bits per heavy atom. The summed E-state index contributed by atoms with van der Waals surface area (Å²) in [5.74, 6) is -0.556. The second-order valence-corrected chi connectivity index (χ2v) is 5.96. The minimum Gasteiger partial charge on any atom is -0.267 e. The van der Waals surface area contributed by atoms with Crippen molar-refractivity contribution < 1.29 is 9.72 Å². The zero-order chi connectivity index (χ0) is 20.3. The van der Waals surface area contributed by atoms with E-state index in [2.05, 4.69) is 15.6 Å². The molecule has 0 fully saturated rings. The number of non-ortho nitro benzene ring substituents is 1. The van der Waals surface area contributed by atoms with Crippen molar-refractivity contribution in [3.8, 4) is 0 Å². The van der Waals surface area contributed by atoms with Crippen LogP contribution in [-0.4, -0.2) is 26.3 Å². The van der Waals surface area contributed by atoms with Gasteiger partial charge in [-0.3, -0.25) is 19.7 Å². The number of fused-ring (bicyclic) bond motifs is 1. The molecule has 0 atom stereocenters. The molecule has 1 N–H and O–H groups in total. The van der Waals surface area contributed by atoms with E-state index in [1.807, 2.05) is 0 Å². The summed E-state index contributed by atoms with van der Waals surface area (Å²) in [6, 6.07) is 12.6. The van der Waals surface area contributed by atoms with Gasteiger partial charge in [0.25, 0.3) is 17.2 Å². The van der Waals surface area contributed by atoms with E-state index in [4.69, 9.17) is 0 Å². The van der Waals surface area contributed by atoms with Crippen LogP contribution in [0.3, 0.4) is 0 Å². The SMILES string of the molecule is CCn1nc(C(=O)N/N=C(/C)c2ccc([N+](=O)[O-])cc2)c2ccccc2c1=O. The van der Waals surface area contributed by atoms with Crippen molar-refractivity contribution in [2.45, 2.75) is 20.4 Å². The summed E-state index contributed by atoms with van der Waals surface area (Å²) in [5.41, 5.74) is 3.33. The van der Waals surface area contributed by atoms with Gasteiger partial charge in [0.2, 0.25) is 0 Å². The Hall–Kier alpha value is -3.88. The number of benzene rings is 2. The predicted molar refractivity (Wildman–Crippen MR) is 104 cm³/mol. The van der Waals surface area contributed by atoms with Gasteiger partial charge in [0.1, 0.15) is 0 Å². The molecule has 142 valence electrons. The van der Waals surface area contributed by atoms with Crippen LogP contribution in [0.4, 0.5) is 5.69 Å². The lowest BCUT2D eigenvalue weighted by Gasteiger charge is -2.09. The van der Waals surface area contributed by atoms with Gasteiger partial charge in [0.05, 0.1) is 16.0 Å². The fourth-order valence-electron chi connectivity index (χ4n) is 2.69. The molecule has 0 unspecified atom stereocenters. The van der Waals surface area contributed by atoms with Crippen LogP contribution in [0.25, 0.3) is 10.8 Å². The number of nitro groups is 1. The summed E-state index contributed by atoms with van der Waals surface area (Å²) in [5, 5.41) is 19.8. The number of aryl methyl sites for hydroxylation is 1. The van der Waals surface area contributed by atoms with Gasteiger partial charge < -0.3 is 0 Å². The van der Waals surface area contributed by atoms with Gasteiger partial charge in [0, 0.05) is 24.1 Å². The van der Waals surface area contributed by atoms with Gasteiger partial charge in [0.15, 0.2) is 5.69 Å². The van der Waals surface area contributed by atoms with Crippen molar-refractivity contribution in [1.29, 1.82) is 0 Å². The van der Waals surface area contributed by atoms with Gasteiger partial charge in [-0.05, 0) is 37.6 Å². The van der Waals surface area contributed by atoms with E-state index >= 15 is 0 Å². The Morgan fingerprint density at radius 2 is 1.82 bits per heavy atom. The summed E-state index contributed by atoms with van der Waals surface area (Å²) < 4.78 is 1.23. The first kappa shape index (κ1) is 18.9. The smallest absolute Gasteiger partial charge is 0.267 e. The Morgan fingerprint density at radius 1 is 1.18 bits per heavy atom.